The standard InChI is InChI=1S/C18H20F4N4O/c1-3-12-13(16(24)27)15(23)26(25-12)14(17(2)6-7-17)9-4-5-10(11(19)8-9)18(20,21)22/h4-5,8,14H,3,6-7,23H2,1-2H3,(H2,24,27). The van der Waals surface area contributed by atoms with Crippen LogP contribution in [-0.2, 0) is 12.6 Å². The van der Waals surface area contributed by atoms with Crippen molar-refractivity contribution in [2.24, 2.45) is 11.1 Å². The molecule has 0 spiro atoms. The topological polar surface area (TPSA) is 86.9 Å². The largest absolute Gasteiger partial charge is 0.419 e. The zero-order valence-electron chi connectivity index (χ0n) is 14.9. The second kappa shape index (κ2) is 6.24. The predicted octanol–water partition coefficient (Wildman–Crippen LogP) is 3.67. The summed E-state index contributed by atoms with van der Waals surface area (Å²) in [6.45, 7) is 3.70. The van der Waals surface area contributed by atoms with E-state index in [1.54, 1.807) is 6.92 Å². The van der Waals surface area contributed by atoms with Gasteiger partial charge in [-0.2, -0.15) is 18.3 Å². The van der Waals surface area contributed by atoms with E-state index in [9.17, 15) is 22.4 Å². The van der Waals surface area contributed by atoms with Gasteiger partial charge in [0.1, 0.15) is 17.2 Å². The lowest BCUT2D eigenvalue weighted by Crippen LogP contribution is -2.24. The molecule has 4 N–H and O–H groups in total. The van der Waals surface area contributed by atoms with Gasteiger partial charge >= 0.3 is 6.18 Å². The second-order valence-corrected chi connectivity index (χ2v) is 7.16. The Morgan fingerprint density at radius 2 is 2.00 bits per heavy atom. The quantitative estimate of drug-likeness (QED) is 0.771. The first-order valence-corrected chi connectivity index (χ1v) is 8.53. The molecule has 1 atom stereocenters. The summed E-state index contributed by atoms with van der Waals surface area (Å²) >= 11 is 0. The van der Waals surface area contributed by atoms with Gasteiger partial charge in [0, 0.05) is 0 Å². The SMILES string of the molecule is CCc1nn(C(c2ccc(C(F)(F)F)c(F)c2)C2(C)CC2)c(N)c1C(N)=O. The summed E-state index contributed by atoms with van der Waals surface area (Å²) in [4.78, 5) is 11.8. The van der Waals surface area contributed by atoms with Crippen LogP contribution in [0.4, 0.5) is 23.4 Å². The predicted molar refractivity (Wildman–Crippen MR) is 91.4 cm³/mol. The van der Waals surface area contributed by atoms with Crippen LogP contribution in [-0.4, -0.2) is 15.7 Å². The number of hydrogen-bond acceptors (Lipinski definition) is 3. The Morgan fingerprint density at radius 3 is 2.41 bits per heavy atom. The molecule has 5 nitrogen and oxygen atoms in total. The molecule has 0 aliphatic heterocycles. The Hall–Kier alpha value is -2.58. The van der Waals surface area contributed by atoms with Gasteiger partial charge in [-0.25, -0.2) is 9.07 Å². The number of carbonyl (C=O) groups excluding carboxylic acids is 1. The molecule has 1 unspecified atom stereocenters. The minimum Gasteiger partial charge on any atom is -0.383 e. The number of nitrogens with two attached hydrogens (primary N) is 2. The molecule has 1 aromatic carbocycles. The number of alkyl halides is 3. The van der Waals surface area contributed by atoms with E-state index in [0.717, 1.165) is 25.0 Å². The van der Waals surface area contributed by atoms with E-state index in [1.165, 1.54) is 10.7 Å². The summed E-state index contributed by atoms with van der Waals surface area (Å²) < 4.78 is 54.2. The van der Waals surface area contributed by atoms with Gasteiger partial charge in [0.15, 0.2) is 0 Å². The van der Waals surface area contributed by atoms with Crippen LogP contribution >= 0.6 is 0 Å². The van der Waals surface area contributed by atoms with Gasteiger partial charge in [0.05, 0.1) is 17.3 Å². The molecule has 1 heterocycles. The Balaban J connectivity index is 2.16. The lowest BCUT2D eigenvalue weighted by molar-refractivity contribution is -0.140. The van der Waals surface area contributed by atoms with E-state index in [2.05, 4.69) is 5.10 Å². The van der Waals surface area contributed by atoms with Crippen molar-refractivity contribution in [2.75, 3.05) is 5.73 Å². The third kappa shape index (κ3) is 3.26. The van der Waals surface area contributed by atoms with Crippen molar-refractivity contribution in [2.45, 2.75) is 45.3 Å². The van der Waals surface area contributed by atoms with Crippen molar-refractivity contribution in [3.05, 3.63) is 46.4 Å². The van der Waals surface area contributed by atoms with Crippen LogP contribution in [0.15, 0.2) is 18.2 Å². The van der Waals surface area contributed by atoms with Crippen molar-refractivity contribution in [1.29, 1.82) is 0 Å². The molecule has 1 amide bonds. The fourth-order valence-corrected chi connectivity index (χ4v) is 3.45. The average Bonchev–Trinajstić information content (AvgIpc) is 3.20. The number of rotatable bonds is 5. The van der Waals surface area contributed by atoms with Gasteiger partial charge in [-0.05, 0) is 42.4 Å². The van der Waals surface area contributed by atoms with E-state index in [-0.39, 0.29) is 16.8 Å². The fourth-order valence-electron chi connectivity index (χ4n) is 3.45. The lowest BCUT2D eigenvalue weighted by Gasteiger charge is -2.26. The van der Waals surface area contributed by atoms with Gasteiger partial charge in [-0.15, -0.1) is 0 Å². The maximum absolute atomic E-state index is 14.2. The summed E-state index contributed by atoms with van der Waals surface area (Å²) in [7, 11) is 0. The number of amides is 1. The minimum atomic E-state index is -4.78. The normalized spacial score (nSPS) is 17.0. The van der Waals surface area contributed by atoms with Crippen molar-refractivity contribution in [1.82, 2.24) is 9.78 Å². The highest BCUT2D eigenvalue weighted by Gasteiger charge is 2.48. The van der Waals surface area contributed by atoms with Crippen molar-refractivity contribution in [3.8, 4) is 0 Å². The van der Waals surface area contributed by atoms with Crippen molar-refractivity contribution in [3.63, 3.8) is 0 Å². The molecule has 3 rings (SSSR count). The summed E-state index contributed by atoms with van der Waals surface area (Å²) in [5.41, 5.74) is 10.6. The van der Waals surface area contributed by atoms with Gasteiger partial charge < -0.3 is 11.5 Å². The van der Waals surface area contributed by atoms with Crippen LogP contribution in [0, 0.1) is 11.2 Å². The highest BCUT2D eigenvalue weighted by molar-refractivity contribution is 5.98. The zero-order valence-corrected chi connectivity index (χ0v) is 14.9. The van der Waals surface area contributed by atoms with Crippen LogP contribution in [0.3, 0.4) is 0 Å². The first-order valence-electron chi connectivity index (χ1n) is 8.53. The van der Waals surface area contributed by atoms with Crippen LogP contribution in [0.1, 0.15) is 59.9 Å². The number of nitrogen functional groups attached to an aromatic ring is 1. The number of aromatic nitrogens is 2. The summed E-state index contributed by atoms with van der Waals surface area (Å²) in [5, 5.41) is 4.38. The number of carbonyl (C=O) groups is 1. The molecule has 2 aromatic rings. The molecule has 1 aliphatic rings. The molecule has 0 bridgehead atoms. The summed E-state index contributed by atoms with van der Waals surface area (Å²) in [6, 6.07) is 2.22. The van der Waals surface area contributed by atoms with E-state index in [0.29, 0.717) is 17.7 Å². The molecule has 1 fully saturated rings. The van der Waals surface area contributed by atoms with Gasteiger partial charge in [-0.1, -0.05) is 19.9 Å². The highest BCUT2D eigenvalue weighted by atomic mass is 19.4. The molecular formula is C18H20F4N4O. The number of aryl methyl sites for hydroxylation is 1. The third-order valence-corrected chi connectivity index (χ3v) is 5.16. The van der Waals surface area contributed by atoms with Gasteiger partial charge in [0.2, 0.25) is 0 Å². The first-order chi connectivity index (χ1) is 12.5. The average molecular weight is 384 g/mol. The van der Waals surface area contributed by atoms with Gasteiger partial charge in [0.25, 0.3) is 5.91 Å². The number of benzene rings is 1. The number of nitrogens with zero attached hydrogens (tertiary/aromatic N) is 2. The maximum Gasteiger partial charge on any atom is 0.419 e. The molecule has 9 heteroatoms. The molecule has 0 saturated heterocycles. The van der Waals surface area contributed by atoms with E-state index in [1.807, 2.05) is 6.92 Å². The van der Waals surface area contributed by atoms with Crippen LogP contribution in [0.2, 0.25) is 0 Å². The number of anilines is 1. The van der Waals surface area contributed by atoms with E-state index in [4.69, 9.17) is 11.5 Å². The number of halogens is 4. The van der Waals surface area contributed by atoms with Crippen LogP contribution in [0.25, 0.3) is 0 Å². The first kappa shape index (κ1) is 19.2. The van der Waals surface area contributed by atoms with Crippen molar-refractivity contribution >= 4 is 11.7 Å². The maximum atomic E-state index is 14.2. The van der Waals surface area contributed by atoms with Crippen LogP contribution in [0.5, 0.6) is 0 Å². The molecule has 1 aromatic heterocycles. The van der Waals surface area contributed by atoms with Crippen molar-refractivity contribution < 1.29 is 22.4 Å². The second-order valence-electron chi connectivity index (χ2n) is 7.16. The smallest absolute Gasteiger partial charge is 0.383 e. The zero-order chi connectivity index (χ0) is 20.1. The van der Waals surface area contributed by atoms with E-state index < -0.39 is 29.5 Å². The summed E-state index contributed by atoms with van der Waals surface area (Å²) in [6.07, 6.45) is -2.83. The Bertz CT molecular complexity index is 899. The van der Waals surface area contributed by atoms with Crippen LogP contribution < -0.4 is 11.5 Å². The minimum absolute atomic E-state index is 0.0396. The molecule has 1 aliphatic carbocycles. The Kier molecular flexibility index (Phi) is 4.44. The number of primary amides is 1. The van der Waals surface area contributed by atoms with E-state index >= 15 is 0 Å². The monoisotopic (exact) mass is 384 g/mol. The molecular weight excluding hydrogens is 364 g/mol. The molecule has 1 saturated carbocycles. The highest BCUT2D eigenvalue weighted by Crippen LogP contribution is 2.57. The Labute approximate surface area is 153 Å². The lowest BCUT2D eigenvalue weighted by atomic mass is 9.91. The fraction of sp³-hybridized carbons (Fsp3) is 0.444. The third-order valence-electron chi connectivity index (χ3n) is 5.16. The Morgan fingerprint density at radius 1 is 1.37 bits per heavy atom. The number of hydrogen-bond donors (Lipinski definition) is 2. The van der Waals surface area contributed by atoms with Gasteiger partial charge in [-0.3, -0.25) is 4.79 Å². The molecule has 146 valence electrons. The molecule has 0 radical (unpaired) electrons. The summed E-state index contributed by atoms with van der Waals surface area (Å²) in [5.74, 6) is -2.04. The molecule has 27 heavy (non-hydrogen) atoms.